The highest BCUT2D eigenvalue weighted by molar-refractivity contribution is 6.44. The van der Waals surface area contributed by atoms with E-state index < -0.39 is 35.1 Å². The van der Waals surface area contributed by atoms with Gasteiger partial charge >= 0.3 is 18.0 Å². The normalized spacial score (nSPS) is 11.1. The third-order valence-electron chi connectivity index (χ3n) is 2.92. The predicted molar refractivity (Wildman–Crippen MR) is 85.1 cm³/mol. The lowest BCUT2D eigenvalue weighted by Gasteiger charge is -2.14. The van der Waals surface area contributed by atoms with Crippen LogP contribution in [0.15, 0.2) is 36.4 Å². The maximum Gasteiger partial charge on any atom is 0.418 e. The van der Waals surface area contributed by atoms with E-state index in [0.29, 0.717) is 6.07 Å². The predicted octanol–water partition coefficient (Wildman–Crippen LogP) is 4.73. The molecular weight excluding hydrogens is 387 g/mol. The molecule has 2 rings (SSSR count). The maximum absolute atomic E-state index is 13.0. The van der Waals surface area contributed by atoms with Crippen LogP contribution in [-0.2, 0) is 15.8 Å². The molecule has 0 aromatic heterocycles. The zero-order valence-electron chi connectivity index (χ0n) is 12.0. The summed E-state index contributed by atoms with van der Waals surface area (Å²) in [6.45, 7) is 0. The number of anilines is 2. The number of carbonyl (C=O) groups excluding carboxylic acids is 2. The topological polar surface area (TPSA) is 58.2 Å². The van der Waals surface area contributed by atoms with Gasteiger partial charge in [-0.05, 0) is 36.4 Å². The van der Waals surface area contributed by atoms with Crippen LogP contribution < -0.4 is 10.6 Å². The van der Waals surface area contributed by atoms with Gasteiger partial charge in [0, 0.05) is 10.7 Å². The fourth-order valence-corrected chi connectivity index (χ4v) is 2.15. The summed E-state index contributed by atoms with van der Waals surface area (Å²) in [7, 11) is 0. The molecule has 0 heterocycles. The molecule has 2 aromatic carbocycles. The maximum atomic E-state index is 13.0. The van der Waals surface area contributed by atoms with Gasteiger partial charge in [-0.3, -0.25) is 9.59 Å². The van der Waals surface area contributed by atoms with Crippen LogP contribution in [0.3, 0.4) is 0 Å². The molecule has 25 heavy (non-hydrogen) atoms. The van der Waals surface area contributed by atoms with Crippen molar-refractivity contribution in [1.29, 1.82) is 0 Å². The standard InChI is InChI=1S/C15H8Cl2F4N2O2/c16-7-1-4-12(9(5-7)15(19,20)21)23-14(25)13(24)22-8-2-3-11(18)10(17)6-8/h1-6H,(H,22,24)(H,23,25). The average molecular weight is 395 g/mol. The minimum absolute atomic E-state index is 0.00120. The molecule has 132 valence electrons. The van der Waals surface area contributed by atoms with Gasteiger partial charge in [0.2, 0.25) is 0 Å². The largest absolute Gasteiger partial charge is 0.418 e. The Hall–Kier alpha value is -2.32. The molecule has 2 amide bonds. The second-order valence-corrected chi connectivity index (χ2v) is 5.57. The molecular formula is C15H8Cl2F4N2O2. The number of carbonyl (C=O) groups is 2. The van der Waals surface area contributed by atoms with Crippen LogP contribution in [0, 0.1) is 5.82 Å². The molecule has 0 fully saturated rings. The van der Waals surface area contributed by atoms with Crippen molar-refractivity contribution in [3.05, 3.63) is 57.8 Å². The molecule has 0 aliphatic carbocycles. The van der Waals surface area contributed by atoms with E-state index in [1.165, 1.54) is 0 Å². The Kier molecular flexibility index (Phi) is 5.54. The Bertz CT molecular complexity index is 841. The van der Waals surface area contributed by atoms with Gasteiger partial charge in [-0.2, -0.15) is 13.2 Å². The Morgan fingerprint density at radius 3 is 2.16 bits per heavy atom. The lowest BCUT2D eigenvalue weighted by molar-refractivity contribution is -0.137. The number of nitrogens with one attached hydrogen (secondary N) is 2. The third-order valence-corrected chi connectivity index (χ3v) is 3.44. The van der Waals surface area contributed by atoms with Crippen molar-refractivity contribution in [2.75, 3.05) is 10.6 Å². The van der Waals surface area contributed by atoms with Gasteiger partial charge in [0.25, 0.3) is 0 Å². The number of rotatable bonds is 2. The van der Waals surface area contributed by atoms with Gasteiger partial charge in [0.15, 0.2) is 0 Å². The zero-order valence-corrected chi connectivity index (χ0v) is 13.6. The van der Waals surface area contributed by atoms with Crippen LogP contribution in [0.5, 0.6) is 0 Å². The number of halogens is 6. The van der Waals surface area contributed by atoms with Crippen molar-refractivity contribution in [2.45, 2.75) is 6.18 Å². The summed E-state index contributed by atoms with van der Waals surface area (Å²) in [4.78, 5) is 23.6. The average Bonchev–Trinajstić information content (AvgIpc) is 2.51. The van der Waals surface area contributed by atoms with Crippen LogP contribution in [0.25, 0.3) is 0 Å². The van der Waals surface area contributed by atoms with Crippen LogP contribution in [0.4, 0.5) is 28.9 Å². The number of benzene rings is 2. The van der Waals surface area contributed by atoms with Gasteiger partial charge in [0.05, 0.1) is 16.3 Å². The van der Waals surface area contributed by atoms with E-state index in [1.54, 1.807) is 0 Å². The highest BCUT2D eigenvalue weighted by Gasteiger charge is 2.34. The zero-order chi connectivity index (χ0) is 18.8. The molecule has 10 heteroatoms. The number of amides is 2. The molecule has 0 radical (unpaired) electrons. The minimum atomic E-state index is -4.78. The summed E-state index contributed by atoms with van der Waals surface area (Å²) in [6, 6.07) is 5.81. The quantitative estimate of drug-likeness (QED) is 0.571. The first-order valence-electron chi connectivity index (χ1n) is 6.52. The van der Waals surface area contributed by atoms with Crippen molar-refractivity contribution in [3.63, 3.8) is 0 Å². The van der Waals surface area contributed by atoms with Crippen molar-refractivity contribution in [3.8, 4) is 0 Å². The monoisotopic (exact) mass is 394 g/mol. The summed E-state index contributed by atoms with van der Waals surface area (Å²) in [5.41, 5.74) is -1.83. The van der Waals surface area contributed by atoms with Crippen molar-refractivity contribution in [2.24, 2.45) is 0 Å². The molecule has 0 bridgehead atoms. The van der Waals surface area contributed by atoms with Gasteiger partial charge < -0.3 is 10.6 Å². The van der Waals surface area contributed by atoms with Gasteiger partial charge in [-0.1, -0.05) is 23.2 Å². The molecule has 0 atom stereocenters. The smallest absolute Gasteiger partial charge is 0.318 e. The van der Waals surface area contributed by atoms with Crippen LogP contribution in [0.1, 0.15) is 5.56 Å². The van der Waals surface area contributed by atoms with Crippen LogP contribution >= 0.6 is 23.2 Å². The second kappa shape index (κ2) is 7.28. The van der Waals surface area contributed by atoms with E-state index in [0.717, 1.165) is 30.3 Å². The summed E-state index contributed by atoms with van der Waals surface area (Å²) in [5, 5.41) is 3.46. The Morgan fingerprint density at radius 2 is 1.56 bits per heavy atom. The highest BCUT2D eigenvalue weighted by atomic mass is 35.5. The first-order chi connectivity index (χ1) is 11.6. The van der Waals surface area contributed by atoms with Crippen molar-refractivity contribution < 1.29 is 27.2 Å². The molecule has 4 nitrogen and oxygen atoms in total. The number of alkyl halides is 3. The van der Waals surface area contributed by atoms with Crippen molar-refractivity contribution >= 4 is 46.4 Å². The lowest BCUT2D eigenvalue weighted by Crippen LogP contribution is -2.30. The molecule has 0 aliphatic rings. The van der Waals surface area contributed by atoms with E-state index in [4.69, 9.17) is 23.2 Å². The molecule has 2 N–H and O–H groups in total. The van der Waals surface area contributed by atoms with E-state index in [1.807, 2.05) is 5.32 Å². The number of hydrogen-bond acceptors (Lipinski definition) is 2. The molecule has 0 saturated carbocycles. The van der Waals surface area contributed by atoms with E-state index in [2.05, 4.69) is 5.32 Å². The van der Waals surface area contributed by atoms with Gasteiger partial charge in [-0.15, -0.1) is 0 Å². The Balaban J connectivity index is 2.16. The van der Waals surface area contributed by atoms with Crippen molar-refractivity contribution in [1.82, 2.24) is 0 Å². The van der Waals surface area contributed by atoms with Crippen LogP contribution in [0.2, 0.25) is 10.0 Å². The molecule has 2 aromatic rings. The molecule has 0 unspecified atom stereocenters. The first kappa shape index (κ1) is 19.0. The molecule has 0 aliphatic heterocycles. The van der Waals surface area contributed by atoms with E-state index in [9.17, 15) is 27.2 Å². The van der Waals surface area contributed by atoms with E-state index >= 15 is 0 Å². The first-order valence-corrected chi connectivity index (χ1v) is 7.27. The summed E-state index contributed by atoms with van der Waals surface area (Å²) in [5.74, 6) is -3.35. The molecule has 0 spiro atoms. The highest BCUT2D eigenvalue weighted by Crippen LogP contribution is 2.36. The fraction of sp³-hybridized carbons (Fsp3) is 0.0667. The third kappa shape index (κ3) is 4.83. The van der Waals surface area contributed by atoms with Crippen LogP contribution in [-0.4, -0.2) is 11.8 Å². The summed E-state index contributed by atoms with van der Waals surface area (Å²) in [6.07, 6.45) is -4.78. The van der Waals surface area contributed by atoms with Gasteiger partial charge in [0.1, 0.15) is 5.82 Å². The van der Waals surface area contributed by atoms with E-state index in [-0.39, 0.29) is 15.7 Å². The number of hydrogen-bond donors (Lipinski definition) is 2. The Labute approximate surface area is 148 Å². The second-order valence-electron chi connectivity index (χ2n) is 4.72. The van der Waals surface area contributed by atoms with Gasteiger partial charge in [-0.25, -0.2) is 4.39 Å². The lowest BCUT2D eigenvalue weighted by atomic mass is 10.1. The summed E-state index contributed by atoms with van der Waals surface area (Å²) >= 11 is 11.0. The fourth-order valence-electron chi connectivity index (χ4n) is 1.80. The SMILES string of the molecule is O=C(Nc1ccc(F)c(Cl)c1)C(=O)Nc1ccc(Cl)cc1C(F)(F)F. The summed E-state index contributed by atoms with van der Waals surface area (Å²) < 4.78 is 51.9. The molecule has 0 saturated heterocycles. The Morgan fingerprint density at radius 1 is 0.920 bits per heavy atom. The minimum Gasteiger partial charge on any atom is -0.318 e.